The number of rotatable bonds is 4. The monoisotopic (exact) mass is 359 g/mol. The minimum Gasteiger partial charge on any atom is -0.342 e. The first-order chi connectivity index (χ1) is 13.2. The van der Waals surface area contributed by atoms with Crippen molar-refractivity contribution in [3.05, 3.63) is 60.3 Å². The zero-order valence-electron chi connectivity index (χ0n) is 15.3. The number of aryl methyl sites for hydroxylation is 1. The smallest absolute Gasteiger partial charge is 0.132 e. The molecule has 136 valence electrons. The third-order valence-electron chi connectivity index (χ3n) is 5.07. The van der Waals surface area contributed by atoms with Crippen molar-refractivity contribution in [1.82, 2.24) is 29.4 Å². The van der Waals surface area contributed by atoms with Crippen molar-refractivity contribution in [1.29, 1.82) is 5.26 Å². The highest BCUT2D eigenvalue weighted by Crippen LogP contribution is 2.27. The van der Waals surface area contributed by atoms with Crippen molar-refractivity contribution in [3.8, 4) is 17.3 Å². The van der Waals surface area contributed by atoms with Crippen molar-refractivity contribution in [2.75, 3.05) is 13.1 Å². The van der Waals surface area contributed by atoms with Gasteiger partial charge < -0.3 is 4.57 Å². The zero-order valence-corrected chi connectivity index (χ0v) is 15.3. The first-order valence-electron chi connectivity index (χ1n) is 9.09. The van der Waals surface area contributed by atoms with Crippen LogP contribution in [0.1, 0.15) is 35.8 Å². The Bertz CT molecular complexity index is 950. The van der Waals surface area contributed by atoms with Gasteiger partial charge in [-0.3, -0.25) is 4.90 Å². The molecular formula is C20H21N7. The molecule has 0 saturated carbocycles. The van der Waals surface area contributed by atoms with Crippen molar-refractivity contribution in [2.24, 2.45) is 7.05 Å². The molecule has 1 aliphatic heterocycles. The SMILES string of the molecule is Cn1cc(CN2CCC(c3nccc(-c4cncnc4)n3)CC2)cc1C#N. The fourth-order valence-corrected chi connectivity index (χ4v) is 3.60. The van der Waals surface area contributed by atoms with E-state index in [1.165, 1.54) is 11.9 Å². The highest BCUT2D eigenvalue weighted by Gasteiger charge is 2.23. The van der Waals surface area contributed by atoms with Crippen LogP contribution in [0.2, 0.25) is 0 Å². The molecule has 0 aromatic carbocycles. The molecule has 27 heavy (non-hydrogen) atoms. The van der Waals surface area contributed by atoms with Gasteiger partial charge in [-0.05, 0) is 43.6 Å². The average molecular weight is 359 g/mol. The lowest BCUT2D eigenvalue weighted by Crippen LogP contribution is -2.32. The van der Waals surface area contributed by atoms with E-state index < -0.39 is 0 Å². The summed E-state index contributed by atoms with van der Waals surface area (Å²) in [6.45, 7) is 2.89. The quantitative estimate of drug-likeness (QED) is 0.712. The van der Waals surface area contributed by atoms with Gasteiger partial charge in [-0.15, -0.1) is 0 Å². The van der Waals surface area contributed by atoms with Gasteiger partial charge in [-0.25, -0.2) is 19.9 Å². The van der Waals surface area contributed by atoms with Gasteiger partial charge in [0.25, 0.3) is 0 Å². The molecule has 0 radical (unpaired) electrons. The molecule has 4 rings (SSSR count). The average Bonchev–Trinajstić information content (AvgIpc) is 3.08. The Morgan fingerprint density at radius 1 is 1.22 bits per heavy atom. The van der Waals surface area contributed by atoms with E-state index >= 15 is 0 Å². The molecule has 4 heterocycles. The number of aromatic nitrogens is 5. The molecule has 7 heteroatoms. The molecule has 0 unspecified atom stereocenters. The highest BCUT2D eigenvalue weighted by molar-refractivity contribution is 5.55. The normalized spacial score (nSPS) is 15.6. The second-order valence-corrected chi connectivity index (χ2v) is 6.93. The number of likely N-dealkylation sites (tertiary alicyclic amines) is 1. The molecule has 1 fully saturated rings. The van der Waals surface area contributed by atoms with Crippen molar-refractivity contribution >= 4 is 0 Å². The van der Waals surface area contributed by atoms with Crippen molar-refractivity contribution < 1.29 is 0 Å². The summed E-state index contributed by atoms with van der Waals surface area (Å²) in [5.41, 5.74) is 3.68. The van der Waals surface area contributed by atoms with Gasteiger partial charge in [0.1, 0.15) is 23.9 Å². The van der Waals surface area contributed by atoms with Gasteiger partial charge in [0, 0.05) is 49.9 Å². The van der Waals surface area contributed by atoms with Crippen LogP contribution in [0.5, 0.6) is 0 Å². The molecule has 0 atom stereocenters. The van der Waals surface area contributed by atoms with Crippen LogP contribution in [-0.2, 0) is 13.6 Å². The van der Waals surface area contributed by atoms with Crippen LogP contribution in [-0.4, -0.2) is 42.5 Å². The van der Waals surface area contributed by atoms with Crippen molar-refractivity contribution in [2.45, 2.75) is 25.3 Å². The summed E-state index contributed by atoms with van der Waals surface area (Å²) in [5.74, 6) is 1.28. The predicted molar refractivity (Wildman–Crippen MR) is 100 cm³/mol. The maximum absolute atomic E-state index is 9.10. The fourth-order valence-electron chi connectivity index (χ4n) is 3.60. The van der Waals surface area contributed by atoms with Crippen LogP contribution in [0, 0.1) is 11.3 Å². The van der Waals surface area contributed by atoms with Crippen LogP contribution < -0.4 is 0 Å². The largest absolute Gasteiger partial charge is 0.342 e. The van der Waals surface area contributed by atoms with Crippen LogP contribution in [0.3, 0.4) is 0 Å². The molecule has 7 nitrogen and oxygen atoms in total. The van der Waals surface area contributed by atoms with Crippen LogP contribution in [0.4, 0.5) is 0 Å². The lowest BCUT2D eigenvalue weighted by Gasteiger charge is -2.31. The summed E-state index contributed by atoms with van der Waals surface area (Å²) < 4.78 is 1.88. The van der Waals surface area contributed by atoms with E-state index in [1.54, 1.807) is 12.4 Å². The minimum atomic E-state index is 0.372. The third-order valence-corrected chi connectivity index (χ3v) is 5.07. The molecule has 1 aliphatic rings. The Labute approximate surface area is 158 Å². The summed E-state index contributed by atoms with van der Waals surface area (Å²) in [6, 6.07) is 6.09. The molecule has 3 aromatic heterocycles. The molecule has 0 spiro atoms. The summed E-state index contributed by atoms with van der Waals surface area (Å²) >= 11 is 0. The Balaban J connectivity index is 1.40. The van der Waals surface area contributed by atoms with Gasteiger partial charge in [-0.2, -0.15) is 5.26 Å². The molecule has 1 saturated heterocycles. The van der Waals surface area contributed by atoms with E-state index in [0.717, 1.165) is 49.6 Å². The zero-order chi connectivity index (χ0) is 18.6. The number of hydrogen-bond acceptors (Lipinski definition) is 6. The standard InChI is InChI=1S/C20H21N7/c1-26-12-15(8-18(26)9-21)13-27-6-3-16(4-7-27)20-24-5-2-19(25-20)17-10-22-14-23-11-17/h2,5,8,10-12,14,16H,3-4,6-7,13H2,1H3. The lowest BCUT2D eigenvalue weighted by molar-refractivity contribution is 0.201. The number of nitriles is 1. The van der Waals surface area contributed by atoms with E-state index in [-0.39, 0.29) is 0 Å². The van der Waals surface area contributed by atoms with Crippen LogP contribution in [0.15, 0.2) is 43.2 Å². The van der Waals surface area contributed by atoms with E-state index in [4.69, 9.17) is 10.2 Å². The minimum absolute atomic E-state index is 0.372. The first-order valence-corrected chi connectivity index (χ1v) is 9.09. The Morgan fingerprint density at radius 2 is 2.00 bits per heavy atom. The Morgan fingerprint density at radius 3 is 2.70 bits per heavy atom. The maximum Gasteiger partial charge on any atom is 0.132 e. The first kappa shape index (κ1) is 17.3. The molecule has 0 amide bonds. The molecular weight excluding hydrogens is 338 g/mol. The van der Waals surface area contributed by atoms with Crippen LogP contribution >= 0.6 is 0 Å². The highest BCUT2D eigenvalue weighted by atomic mass is 15.1. The fraction of sp³-hybridized carbons (Fsp3) is 0.350. The van der Waals surface area contributed by atoms with Crippen LogP contribution in [0.25, 0.3) is 11.3 Å². The van der Waals surface area contributed by atoms with Gasteiger partial charge in [0.05, 0.1) is 5.69 Å². The summed E-state index contributed by atoms with van der Waals surface area (Å²) in [5, 5.41) is 9.10. The van der Waals surface area contributed by atoms with Gasteiger partial charge in [0.15, 0.2) is 0 Å². The number of hydrogen-bond donors (Lipinski definition) is 0. The molecule has 3 aromatic rings. The topological polar surface area (TPSA) is 83.5 Å². The number of piperidine rings is 1. The third kappa shape index (κ3) is 3.86. The lowest BCUT2D eigenvalue weighted by atomic mass is 9.95. The maximum atomic E-state index is 9.10. The van der Waals surface area contributed by atoms with Gasteiger partial charge in [0.2, 0.25) is 0 Å². The Kier molecular flexibility index (Phi) is 4.90. The predicted octanol–water partition coefficient (Wildman–Crippen LogP) is 2.52. The summed E-state index contributed by atoms with van der Waals surface area (Å²) in [6.07, 6.45) is 11.0. The van der Waals surface area contributed by atoms with E-state index in [0.29, 0.717) is 11.6 Å². The van der Waals surface area contributed by atoms with Gasteiger partial charge >= 0.3 is 0 Å². The Hall–Kier alpha value is -3.11. The summed E-state index contributed by atoms with van der Waals surface area (Å²) in [7, 11) is 1.91. The number of nitrogens with zero attached hydrogens (tertiary/aromatic N) is 7. The van der Waals surface area contributed by atoms with Gasteiger partial charge in [-0.1, -0.05) is 0 Å². The van der Waals surface area contributed by atoms with Crippen molar-refractivity contribution in [3.63, 3.8) is 0 Å². The second-order valence-electron chi connectivity index (χ2n) is 6.93. The molecule has 0 bridgehead atoms. The van der Waals surface area contributed by atoms with E-state index in [9.17, 15) is 0 Å². The second kappa shape index (κ2) is 7.64. The summed E-state index contributed by atoms with van der Waals surface area (Å²) in [4.78, 5) is 19.8. The van der Waals surface area contributed by atoms with E-state index in [1.807, 2.05) is 36.1 Å². The molecule has 0 N–H and O–H groups in total. The van der Waals surface area contributed by atoms with E-state index in [2.05, 4.69) is 25.9 Å². The molecule has 0 aliphatic carbocycles.